The van der Waals surface area contributed by atoms with Crippen LogP contribution in [0.1, 0.15) is 11.4 Å². The van der Waals surface area contributed by atoms with Crippen molar-refractivity contribution in [2.45, 2.75) is 23.3 Å². The first kappa shape index (κ1) is 12.2. The molecule has 0 fully saturated rings. The van der Waals surface area contributed by atoms with Crippen LogP contribution in [0, 0.1) is 13.8 Å². The minimum absolute atomic E-state index is 0.681. The molecule has 0 N–H and O–H groups in total. The Balaban J connectivity index is 1.92. The van der Waals surface area contributed by atoms with Crippen molar-refractivity contribution in [3.05, 3.63) is 35.7 Å². The lowest BCUT2D eigenvalue weighted by Gasteiger charge is -2.02. The summed E-state index contributed by atoms with van der Waals surface area (Å²) in [6, 6.07) is 8.03. The van der Waals surface area contributed by atoms with Crippen molar-refractivity contribution in [3.8, 4) is 5.69 Å². The molecule has 0 aliphatic rings. The van der Waals surface area contributed by atoms with Crippen LogP contribution in [0.25, 0.3) is 5.69 Å². The Morgan fingerprint density at radius 1 is 1.16 bits per heavy atom. The van der Waals surface area contributed by atoms with Crippen LogP contribution >= 0.6 is 23.3 Å². The van der Waals surface area contributed by atoms with Crippen molar-refractivity contribution in [3.63, 3.8) is 0 Å². The van der Waals surface area contributed by atoms with Gasteiger partial charge in [-0.25, -0.2) is 4.98 Å². The van der Waals surface area contributed by atoms with Crippen LogP contribution in [0.15, 0.2) is 33.8 Å². The van der Waals surface area contributed by atoms with Gasteiger partial charge < -0.3 is 0 Å². The van der Waals surface area contributed by atoms with Gasteiger partial charge in [0.1, 0.15) is 5.82 Å². The summed E-state index contributed by atoms with van der Waals surface area (Å²) in [5, 5.41) is 12.4. The van der Waals surface area contributed by atoms with E-state index in [-0.39, 0.29) is 0 Å². The molecular weight excluding hydrogens is 280 g/mol. The van der Waals surface area contributed by atoms with E-state index < -0.39 is 0 Å². The molecule has 2 heterocycles. The number of hydrogen-bond donors (Lipinski definition) is 0. The molecule has 0 aliphatic carbocycles. The second-order valence-corrected chi connectivity index (χ2v) is 5.88. The maximum absolute atomic E-state index is 4.30. The first-order valence-corrected chi connectivity index (χ1v) is 7.15. The van der Waals surface area contributed by atoms with Gasteiger partial charge in [0.05, 0.1) is 5.69 Å². The molecule has 8 heteroatoms. The van der Waals surface area contributed by atoms with Crippen LogP contribution in [0.5, 0.6) is 0 Å². The minimum atomic E-state index is 0.681. The van der Waals surface area contributed by atoms with E-state index >= 15 is 0 Å². The average Bonchev–Trinajstić information content (AvgIpc) is 3.00. The smallest absolute Gasteiger partial charge is 0.213 e. The van der Waals surface area contributed by atoms with Crippen molar-refractivity contribution >= 4 is 23.3 Å². The lowest BCUT2D eigenvalue weighted by molar-refractivity contribution is 0.756. The minimum Gasteiger partial charge on any atom is -0.213 e. The SMILES string of the molecule is Cc1ccc(-n2nnnc2Sc2nc(C)ns2)cc1. The molecule has 0 atom stereocenters. The van der Waals surface area contributed by atoms with Crippen molar-refractivity contribution in [1.82, 2.24) is 29.6 Å². The molecule has 0 radical (unpaired) electrons. The molecule has 0 saturated carbocycles. The van der Waals surface area contributed by atoms with E-state index in [0.29, 0.717) is 5.16 Å². The van der Waals surface area contributed by atoms with Gasteiger partial charge in [0, 0.05) is 0 Å². The molecule has 0 amide bonds. The monoisotopic (exact) mass is 290 g/mol. The zero-order chi connectivity index (χ0) is 13.2. The number of benzene rings is 1. The third kappa shape index (κ3) is 2.64. The summed E-state index contributed by atoms with van der Waals surface area (Å²) in [4.78, 5) is 4.30. The predicted molar refractivity (Wildman–Crippen MR) is 72.7 cm³/mol. The van der Waals surface area contributed by atoms with Crippen LogP contribution in [-0.4, -0.2) is 29.6 Å². The first-order chi connectivity index (χ1) is 9.22. The molecule has 0 bridgehead atoms. The number of aryl methyl sites for hydroxylation is 2. The molecule has 96 valence electrons. The molecule has 1 aromatic carbocycles. The Hall–Kier alpha value is -1.80. The van der Waals surface area contributed by atoms with E-state index in [0.717, 1.165) is 15.9 Å². The van der Waals surface area contributed by atoms with E-state index in [9.17, 15) is 0 Å². The Kier molecular flexibility index (Phi) is 3.26. The van der Waals surface area contributed by atoms with E-state index in [2.05, 4.69) is 24.9 Å². The quantitative estimate of drug-likeness (QED) is 0.737. The fourth-order valence-corrected chi connectivity index (χ4v) is 3.04. The summed E-state index contributed by atoms with van der Waals surface area (Å²) < 4.78 is 6.67. The van der Waals surface area contributed by atoms with Crippen molar-refractivity contribution in [2.75, 3.05) is 0 Å². The Morgan fingerprint density at radius 2 is 1.95 bits per heavy atom. The molecule has 3 aromatic rings. The number of aromatic nitrogens is 6. The van der Waals surface area contributed by atoms with Gasteiger partial charge in [0.2, 0.25) is 5.16 Å². The lowest BCUT2D eigenvalue weighted by Crippen LogP contribution is -1.98. The van der Waals surface area contributed by atoms with E-state index in [1.807, 2.05) is 38.1 Å². The third-order valence-electron chi connectivity index (χ3n) is 2.41. The summed E-state index contributed by atoms with van der Waals surface area (Å²) in [5.41, 5.74) is 2.13. The Labute approximate surface area is 118 Å². The van der Waals surface area contributed by atoms with Gasteiger partial charge in [0.15, 0.2) is 4.34 Å². The largest absolute Gasteiger partial charge is 0.221 e. The topological polar surface area (TPSA) is 69.4 Å². The molecule has 2 aromatic heterocycles. The second-order valence-electron chi connectivity index (χ2n) is 3.92. The number of hydrogen-bond acceptors (Lipinski definition) is 7. The van der Waals surface area contributed by atoms with Crippen molar-refractivity contribution in [1.29, 1.82) is 0 Å². The summed E-state index contributed by atoms with van der Waals surface area (Å²) >= 11 is 2.76. The zero-order valence-electron chi connectivity index (χ0n) is 10.3. The molecule has 6 nitrogen and oxygen atoms in total. The van der Waals surface area contributed by atoms with Gasteiger partial charge in [-0.2, -0.15) is 9.06 Å². The number of tetrazole rings is 1. The van der Waals surface area contributed by atoms with E-state index in [4.69, 9.17) is 0 Å². The molecule has 0 unspecified atom stereocenters. The summed E-state index contributed by atoms with van der Waals surface area (Å²) in [7, 11) is 0. The number of nitrogens with zero attached hydrogens (tertiary/aromatic N) is 6. The van der Waals surface area contributed by atoms with Crippen LogP contribution < -0.4 is 0 Å². The predicted octanol–water partition coefficient (Wildman–Crippen LogP) is 2.28. The van der Waals surface area contributed by atoms with Gasteiger partial charge in [-0.05, 0) is 59.7 Å². The molecule has 0 spiro atoms. The molecule has 3 rings (SSSR count). The summed E-state index contributed by atoms with van der Waals surface area (Å²) in [6.07, 6.45) is 0. The van der Waals surface area contributed by atoms with Gasteiger partial charge in [-0.15, -0.1) is 5.10 Å². The molecular formula is C11H10N6S2. The first-order valence-electron chi connectivity index (χ1n) is 5.56. The average molecular weight is 290 g/mol. The zero-order valence-corrected chi connectivity index (χ0v) is 11.9. The normalized spacial score (nSPS) is 10.8. The van der Waals surface area contributed by atoms with Gasteiger partial charge in [0.25, 0.3) is 0 Å². The van der Waals surface area contributed by atoms with Crippen molar-refractivity contribution in [2.24, 2.45) is 0 Å². The van der Waals surface area contributed by atoms with Crippen LogP contribution in [-0.2, 0) is 0 Å². The van der Waals surface area contributed by atoms with Crippen molar-refractivity contribution < 1.29 is 0 Å². The second kappa shape index (κ2) is 5.06. The lowest BCUT2D eigenvalue weighted by atomic mass is 10.2. The standard InChI is InChI=1S/C11H10N6S2/c1-7-3-5-9(6-4-7)17-10(13-15-16-17)18-11-12-8(2)14-19-11/h3-6H,1-2H3. The fraction of sp³-hybridized carbons (Fsp3) is 0.182. The molecule has 0 saturated heterocycles. The highest BCUT2D eigenvalue weighted by molar-refractivity contribution is 8.00. The fourth-order valence-electron chi connectivity index (χ4n) is 1.49. The molecule has 19 heavy (non-hydrogen) atoms. The summed E-state index contributed by atoms with van der Waals surface area (Å²) in [6.45, 7) is 3.91. The highest BCUT2D eigenvalue weighted by Gasteiger charge is 2.12. The number of rotatable bonds is 3. The van der Waals surface area contributed by atoms with E-state index in [1.165, 1.54) is 28.9 Å². The maximum Gasteiger partial charge on any atom is 0.221 e. The van der Waals surface area contributed by atoms with Gasteiger partial charge in [-0.3, -0.25) is 0 Å². The van der Waals surface area contributed by atoms with Gasteiger partial charge in [-0.1, -0.05) is 17.7 Å². The van der Waals surface area contributed by atoms with Crippen LogP contribution in [0.4, 0.5) is 0 Å². The van der Waals surface area contributed by atoms with Crippen LogP contribution in [0.2, 0.25) is 0 Å². The Morgan fingerprint density at radius 3 is 2.63 bits per heavy atom. The van der Waals surface area contributed by atoms with Crippen LogP contribution in [0.3, 0.4) is 0 Å². The highest BCUT2D eigenvalue weighted by Crippen LogP contribution is 2.28. The van der Waals surface area contributed by atoms with Gasteiger partial charge >= 0.3 is 0 Å². The molecule has 0 aliphatic heterocycles. The maximum atomic E-state index is 4.30. The highest BCUT2D eigenvalue weighted by atomic mass is 32.2. The Bertz CT molecular complexity index is 687. The third-order valence-corrected chi connectivity index (χ3v) is 4.19. The summed E-state index contributed by atoms with van der Waals surface area (Å²) in [5.74, 6) is 0.766. The van der Waals surface area contributed by atoms with E-state index in [1.54, 1.807) is 4.68 Å².